The number of hydrogen-bond acceptors (Lipinski definition) is 5. The molecule has 0 aliphatic rings. The van der Waals surface area contributed by atoms with Crippen molar-refractivity contribution in [1.82, 2.24) is 15.2 Å². The first-order chi connectivity index (χ1) is 12.6. The van der Waals surface area contributed by atoms with E-state index in [1.54, 1.807) is 19.2 Å². The Bertz CT molecular complexity index is 891. The minimum Gasteiger partial charge on any atom is -0.493 e. The Morgan fingerprint density at radius 3 is 2.69 bits per heavy atom. The van der Waals surface area contributed by atoms with E-state index in [0.717, 1.165) is 15.6 Å². The van der Waals surface area contributed by atoms with Crippen LogP contribution in [-0.2, 0) is 13.2 Å². The average Bonchev–Trinajstić information content (AvgIpc) is 3.15. The highest BCUT2D eigenvalue weighted by Gasteiger charge is 2.11. The number of halogens is 3. The molecular weight excluding hydrogens is 443 g/mol. The van der Waals surface area contributed by atoms with Crippen LogP contribution in [0, 0.1) is 0 Å². The molecule has 0 fully saturated rings. The maximum atomic E-state index is 6.04. The third-order valence-electron chi connectivity index (χ3n) is 3.57. The van der Waals surface area contributed by atoms with Crippen molar-refractivity contribution >= 4 is 45.1 Å². The second-order valence-corrected chi connectivity index (χ2v) is 6.99. The van der Waals surface area contributed by atoms with Crippen LogP contribution < -0.4 is 14.8 Å². The van der Waals surface area contributed by atoms with E-state index in [2.05, 4.69) is 36.4 Å². The van der Waals surface area contributed by atoms with Gasteiger partial charge in [0.2, 0.25) is 5.95 Å². The van der Waals surface area contributed by atoms with Crippen molar-refractivity contribution in [2.75, 3.05) is 12.4 Å². The number of nitrogens with one attached hydrogen (secondary N) is 2. The van der Waals surface area contributed by atoms with E-state index in [-0.39, 0.29) is 0 Å². The molecule has 0 unspecified atom stereocenters. The van der Waals surface area contributed by atoms with Crippen molar-refractivity contribution in [1.29, 1.82) is 0 Å². The lowest BCUT2D eigenvalue weighted by molar-refractivity contribution is 0.284. The number of hydrogen-bond donors (Lipinski definition) is 2. The van der Waals surface area contributed by atoms with Gasteiger partial charge in [-0.3, -0.25) is 0 Å². The van der Waals surface area contributed by atoms with Gasteiger partial charge in [-0.25, -0.2) is 10.1 Å². The molecule has 3 aromatic rings. The number of aromatic amines is 1. The molecule has 26 heavy (non-hydrogen) atoms. The Morgan fingerprint density at radius 2 is 2.00 bits per heavy atom. The Kier molecular flexibility index (Phi) is 6.24. The standard InChI is InChI=1S/C17H15BrCl2N4O2/c1-25-15-5-11(7-21-17-22-9-23-24-17)12(18)6-16(15)26-8-10-2-3-13(19)14(20)4-10/h2-6,9H,7-8H2,1H3,(H2,21,22,23,24). The van der Waals surface area contributed by atoms with Gasteiger partial charge in [0.05, 0.1) is 17.2 Å². The molecule has 2 aromatic carbocycles. The summed E-state index contributed by atoms with van der Waals surface area (Å²) in [6.07, 6.45) is 1.44. The van der Waals surface area contributed by atoms with Gasteiger partial charge < -0.3 is 14.8 Å². The molecule has 1 heterocycles. The summed E-state index contributed by atoms with van der Waals surface area (Å²) < 4.78 is 12.2. The second-order valence-electron chi connectivity index (χ2n) is 5.32. The van der Waals surface area contributed by atoms with E-state index in [0.29, 0.717) is 40.6 Å². The van der Waals surface area contributed by atoms with Gasteiger partial charge in [-0.05, 0) is 35.4 Å². The third kappa shape index (κ3) is 4.60. The molecule has 1 aromatic heterocycles. The lowest BCUT2D eigenvalue weighted by Crippen LogP contribution is -2.04. The summed E-state index contributed by atoms with van der Waals surface area (Å²) in [7, 11) is 1.60. The summed E-state index contributed by atoms with van der Waals surface area (Å²) in [6.45, 7) is 0.883. The maximum absolute atomic E-state index is 6.04. The molecule has 0 amide bonds. The van der Waals surface area contributed by atoms with Crippen LogP contribution in [0.25, 0.3) is 0 Å². The number of nitrogens with zero attached hydrogens (tertiary/aromatic N) is 2. The smallest absolute Gasteiger partial charge is 0.218 e. The van der Waals surface area contributed by atoms with Crippen molar-refractivity contribution in [3.05, 3.63) is 62.3 Å². The van der Waals surface area contributed by atoms with Gasteiger partial charge in [0.25, 0.3) is 0 Å². The highest BCUT2D eigenvalue weighted by Crippen LogP contribution is 2.34. The van der Waals surface area contributed by atoms with Crippen LogP contribution in [0.2, 0.25) is 10.0 Å². The molecule has 0 saturated carbocycles. The summed E-state index contributed by atoms with van der Waals surface area (Å²) in [6, 6.07) is 9.16. The minimum absolute atomic E-state index is 0.343. The van der Waals surface area contributed by atoms with Crippen molar-refractivity contribution in [3.8, 4) is 11.5 Å². The predicted molar refractivity (Wildman–Crippen MR) is 105 cm³/mol. The highest BCUT2D eigenvalue weighted by molar-refractivity contribution is 9.10. The minimum atomic E-state index is 0.343. The molecule has 9 heteroatoms. The van der Waals surface area contributed by atoms with Crippen LogP contribution in [0.4, 0.5) is 5.95 Å². The zero-order valence-electron chi connectivity index (χ0n) is 13.7. The Balaban J connectivity index is 1.72. The zero-order chi connectivity index (χ0) is 18.5. The number of benzene rings is 2. The van der Waals surface area contributed by atoms with Crippen molar-refractivity contribution in [2.24, 2.45) is 0 Å². The quantitative estimate of drug-likeness (QED) is 0.517. The monoisotopic (exact) mass is 456 g/mol. The molecule has 0 bridgehead atoms. The molecule has 0 atom stereocenters. The molecule has 6 nitrogen and oxygen atoms in total. The van der Waals surface area contributed by atoms with Gasteiger partial charge in [-0.15, -0.1) is 0 Å². The first kappa shape index (κ1) is 18.8. The topological polar surface area (TPSA) is 72.1 Å². The number of rotatable bonds is 7. The van der Waals surface area contributed by atoms with Crippen molar-refractivity contribution in [2.45, 2.75) is 13.2 Å². The van der Waals surface area contributed by atoms with Gasteiger partial charge in [-0.2, -0.15) is 5.10 Å². The number of ether oxygens (including phenoxy) is 2. The van der Waals surface area contributed by atoms with Crippen LogP contribution in [0.3, 0.4) is 0 Å². The molecule has 3 rings (SSSR count). The van der Waals surface area contributed by atoms with Crippen LogP contribution in [-0.4, -0.2) is 22.3 Å². The molecule has 2 N–H and O–H groups in total. The predicted octanol–water partition coefficient (Wildman–Crippen LogP) is 5.07. The number of aromatic nitrogens is 3. The van der Waals surface area contributed by atoms with Gasteiger partial charge in [-0.1, -0.05) is 45.2 Å². The molecule has 0 saturated heterocycles. The van der Waals surface area contributed by atoms with Crippen LogP contribution in [0.5, 0.6) is 11.5 Å². The fraction of sp³-hybridized carbons (Fsp3) is 0.176. The van der Waals surface area contributed by atoms with Crippen molar-refractivity contribution in [3.63, 3.8) is 0 Å². The first-order valence-electron chi connectivity index (χ1n) is 7.59. The van der Waals surface area contributed by atoms with E-state index in [1.807, 2.05) is 18.2 Å². The Labute approximate surface area is 169 Å². The summed E-state index contributed by atoms with van der Waals surface area (Å²) in [5, 5.41) is 10.7. The Morgan fingerprint density at radius 1 is 1.15 bits per heavy atom. The normalized spacial score (nSPS) is 10.6. The van der Waals surface area contributed by atoms with E-state index >= 15 is 0 Å². The fourth-order valence-electron chi connectivity index (χ4n) is 2.25. The molecular formula is C17H15BrCl2N4O2. The van der Waals surface area contributed by atoms with Crippen LogP contribution in [0.15, 0.2) is 41.1 Å². The SMILES string of the molecule is COc1cc(CNc2ncn[nH]2)c(Br)cc1OCc1ccc(Cl)c(Cl)c1. The maximum Gasteiger partial charge on any atom is 0.218 e. The summed E-state index contributed by atoms with van der Waals surface area (Å²) >= 11 is 15.5. The average molecular weight is 458 g/mol. The fourth-order valence-corrected chi connectivity index (χ4v) is 3.03. The Hall–Kier alpha value is -1.96. The van der Waals surface area contributed by atoms with Crippen LogP contribution in [0.1, 0.15) is 11.1 Å². The molecule has 136 valence electrons. The summed E-state index contributed by atoms with van der Waals surface area (Å²) in [4.78, 5) is 4.03. The highest BCUT2D eigenvalue weighted by atomic mass is 79.9. The summed E-state index contributed by atoms with van der Waals surface area (Å²) in [5.41, 5.74) is 1.90. The van der Waals surface area contributed by atoms with Gasteiger partial charge in [0.15, 0.2) is 11.5 Å². The zero-order valence-corrected chi connectivity index (χ0v) is 16.8. The molecule has 0 spiro atoms. The van der Waals surface area contributed by atoms with E-state index in [9.17, 15) is 0 Å². The van der Waals surface area contributed by atoms with E-state index in [4.69, 9.17) is 32.7 Å². The number of H-pyrrole nitrogens is 1. The second kappa shape index (κ2) is 8.62. The molecule has 0 aliphatic carbocycles. The summed E-state index contributed by atoms with van der Waals surface area (Å²) in [5.74, 6) is 1.84. The number of methoxy groups -OCH3 is 1. The first-order valence-corrected chi connectivity index (χ1v) is 9.14. The van der Waals surface area contributed by atoms with Gasteiger partial charge >= 0.3 is 0 Å². The lowest BCUT2D eigenvalue weighted by atomic mass is 10.2. The van der Waals surface area contributed by atoms with E-state index < -0.39 is 0 Å². The number of anilines is 1. The molecule has 0 aliphatic heterocycles. The van der Waals surface area contributed by atoms with Gasteiger partial charge in [0, 0.05) is 11.0 Å². The van der Waals surface area contributed by atoms with Crippen LogP contribution >= 0.6 is 39.1 Å². The van der Waals surface area contributed by atoms with E-state index in [1.165, 1.54) is 6.33 Å². The van der Waals surface area contributed by atoms with Gasteiger partial charge in [0.1, 0.15) is 12.9 Å². The molecule has 0 radical (unpaired) electrons. The largest absolute Gasteiger partial charge is 0.493 e. The third-order valence-corrected chi connectivity index (χ3v) is 5.05. The lowest BCUT2D eigenvalue weighted by Gasteiger charge is -2.14. The van der Waals surface area contributed by atoms with Crippen molar-refractivity contribution < 1.29 is 9.47 Å².